The fraction of sp³-hybridized carbons (Fsp3) is 0.421. The van der Waals surface area contributed by atoms with Crippen LogP contribution in [0.3, 0.4) is 0 Å². The molecule has 26 heavy (non-hydrogen) atoms. The van der Waals surface area contributed by atoms with Gasteiger partial charge in [0.2, 0.25) is 0 Å². The summed E-state index contributed by atoms with van der Waals surface area (Å²) in [5.74, 6) is 2.57. The molecule has 2 aromatic rings. The van der Waals surface area contributed by atoms with Crippen molar-refractivity contribution in [2.24, 2.45) is 4.99 Å². The van der Waals surface area contributed by atoms with E-state index in [1.54, 1.807) is 20.4 Å². The fourth-order valence-corrected chi connectivity index (χ4v) is 2.34. The first kappa shape index (κ1) is 22.3. The zero-order chi connectivity index (χ0) is 17.9. The zero-order valence-corrected chi connectivity index (χ0v) is 17.9. The van der Waals surface area contributed by atoms with E-state index in [-0.39, 0.29) is 24.0 Å². The van der Waals surface area contributed by atoms with E-state index in [0.717, 1.165) is 41.6 Å². The quantitative estimate of drug-likeness (QED) is 0.254. The first-order valence-electron chi connectivity index (χ1n) is 8.41. The average Bonchev–Trinajstić information content (AvgIpc) is 3.13. The van der Waals surface area contributed by atoms with Gasteiger partial charge in [-0.05, 0) is 30.7 Å². The van der Waals surface area contributed by atoms with Gasteiger partial charge in [0.15, 0.2) is 5.96 Å². The molecule has 0 spiro atoms. The molecule has 2 rings (SSSR count). The van der Waals surface area contributed by atoms with E-state index in [9.17, 15) is 0 Å². The molecular weight excluding hydrogens is 445 g/mol. The summed E-state index contributed by atoms with van der Waals surface area (Å²) in [7, 11) is 3.42. The molecule has 144 valence electrons. The van der Waals surface area contributed by atoms with Gasteiger partial charge in [0.05, 0.1) is 12.9 Å². The molecule has 0 radical (unpaired) electrons. The molecule has 0 saturated carbocycles. The summed E-state index contributed by atoms with van der Waals surface area (Å²) in [5.41, 5.74) is 2.24. The van der Waals surface area contributed by atoms with Crippen LogP contribution in [0.15, 0.2) is 46.0 Å². The van der Waals surface area contributed by atoms with Gasteiger partial charge in [-0.25, -0.2) is 0 Å². The molecule has 0 fully saturated rings. The Balaban J connectivity index is 0.00000338. The summed E-state index contributed by atoms with van der Waals surface area (Å²) < 4.78 is 16.2. The highest BCUT2D eigenvalue weighted by Gasteiger charge is 2.06. The number of methoxy groups -OCH3 is 1. The Morgan fingerprint density at radius 3 is 2.73 bits per heavy atom. The van der Waals surface area contributed by atoms with Gasteiger partial charge >= 0.3 is 0 Å². The second-order valence-electron chi connectivity index (χ2n) is 5.63. The second kappa shape index (κ2) is 12.6. The van der Waals surface area contributed by atoms with Gasteiger partial charge in [0, 0.05) is 39.2 Å². The maximum atomic E-state index is 5.82. The van der Waals surface area contributed by atoms with Gasteiger partial charge in [-0.1, -0.05) is 12.1 Å². The normalized spacial score (nSPS) is 11.0. The molecule has 7 heteroatoms. The standard InChI is InChI=1S/C19H27N3O3.HI/c1-15-6-7-16(18(13-15)25-12-11-23-3)14-22-19(20-2)21-9-8-17-5-4-10-24-17;/h4-7,10,13H,8-9,11-12,14H2,1-3H3,(H2,20,21,22);1H. The third-order valence-electron chi connectivity index (χ3n) is 3.68. The third-order valence-corrected chi connectivity index (χ3v) is 3.68. The second-order valence-corrected chi connectivity index (χ2v) is 5.63. The van der Waals surface area contributed by atoms with Crippen LogP contribution >= 0.6 is 24.0 Å². The number of rotatable bonds is 9. The van der Waals surface area contributed by atoms with Crippen LogP contribution in [-0.2, 0) is 17.7 Å². The van der Waals surface area contributed by atoms with Crippen LogP contribution in [0.1, 0.15) is 16.9 Å². The van der Waals surface area contributed by atoms with Gasteiger partial charge in [-0.3, -0.25) is 4.99 Å². The van der Waals surface area contributed by atoms with Crippen LogP contribution in [-0.4, -0.2) is 39.9 Å². The molecule has 0 aliphatic rings. The average molecular weight is 473 g/mol. The van der Waals surface area contributed by atoms with Crippen molar-refractivity contribution in [1.29, 1.82) is 0 Å². The molecule has 0 atom stereocenters. The fourth-order valence-electron chi connectivity index (χ4n) is 2.34. The lowest BCUT2D eigenvalue weighted by Gasteiger charge is -2.15. The Kier molecular flexibility index (Phi) is 10.8. The molecule has 0 aliphatic heterocycles. The molecule has 0 bridgehead atoms. The van der Waals surface area contributed by atoms with Crippen molar-refractivity contribution in [2.45, 2.75) is 19.9 Å². The topological polar surface area (TPSA) is 68.0 Å². The Morgan fingerprint density at radius 2 is 2.04 bits per heavy atom. The smallest absolute Gasteiger partial charge is 0.191 e. The molecule has 1 heterocycles. The van der Waals surface area contributed by atoms with Crippen molar-refractivity contribution in [1.82, 2.24) is 10.6 Å². The van der Waals surface area contributed by atoms with E-state index in [1.807, 2.05) is 18.2 Å². The number of aryl methyl sites for hydroxylation is 1. The van der Waals surface area contributed by atoms with Crippen LogP contribution in [0.2, 0.25) is 0 Å². The van der Waals surface area contributed by atoms with Crippen LogP contribution in [0.25, 0.3) is 0 Å². The SMILES string of the molecule is CN=C(NCCc1ccco1)NCc1ccc(C)cc1OCCOC.I. The number of aliphatic imine (C=N–C) groups is 1. The Bertz CT molecular complexity index is 660. The maximum Gasteiger partial charge on any atom is 0.191 e. The predicted molar refractivity (Wildman–Crippen MR) is 115 cm³/mol. The van der Waals surface area contributed by atoms with Gasteiger partial charge in [0.1, 0.15) is 18.1 Å². The number of halogens is 1. The molecule has 0 amide bonds. The highest BCUT2D eigenvalue weighted by atomic mass is 127. The van der Waals surface area contributed by atoms with Crippen molar-refractivity contribution in [2.75, 3.05) is 33.9 Å². The first-order chi connectivity index (χ1) is 12.2. The van der Waals surface area contributed by atoms with Crippen molar-refractivity contribution < 1.29 is 13.9 Å². The van der Waals surface area contributed by atoms with Crippen LogP contribution in [0, 0.1) is 6.92 Å². The van der Waals surface area contributed by atoms with Gasteiger partial charge in [-0.15, -0.1) is 24.0 Å². The molecule has 1 aromatic carbocycles. The monoisotopic (exact) mass is 473 g/mol. The van der Waals surface area contributed by atoms with Crippen molar-refractivity contribution in [3.63, 3.8) is 0 Å². The minimum absolute atomic E-state index is 0. The Hall–Kier alpha value is -1.74. The number of guanidine groups is 1. The largest absolute Gasteiger partial charge is 0.491 e. The molecule has 1 aromatic heterocycles. The van der Waals surface area contributed by atoms with Crippen molar-refractivity contribution >= 4 is 29.9 Å². The number of ether oxygens (including phenoxy) is 2. The molecule has 0 aliphatic carbocycles. The summed E-state index contributed by atoms with van der Waals surface area (Å²) in [4.78, 5) is 4.25. The van der Waals surface area contributed by atoms with Crippen LogP contribution < -0.4 is 15.4 Å². The first-order valence-corrected chi connectivity index (χ1v) is 8.41. The van der Waals surface area contributed by atoms with E-state index in [0.29, 0.717) is 19.8 Å². The van der Waals surface area contributed by atoms with Crippen molar-refractivity contribution in [3.05, 3.63) is 53.5 Å². The summed E-state index contributed by atoms with van der Waals surface area (Å²) in [6.45, 7) is 4.52. The summed E-state index contributed by atoms with van der Waals surface area (Å²) >= 11 is 0. The Morgan fingerprint density at radius 1 is 1.19 bits per heavy atom. The minimum Gasteiger partial charge on any atom is -0.491 e. The van der Waals surface area contributed by atoms with Gasteiger partial charge in [-0.2, -0.15) is 0 Å². The maximum absolute atomic E-state index is 5.82. The number of furan rings is 1. The van der Waals surface area contributed by atoms with E-state index in [1.165, 1.54) is 0 Å². The van der Waals surface area contributed by atoms with E-state index >= 15 is 0 Å². The molecule has 2 N–H and O–H groups in total. The van der Waals surface area contributed by atoms with Crippen molar-refractivity contribution in [3.8, 4) is 5.75 Å². The lowest BCUT2D eigenvalue weighted by molar-refractivity contribution is 0.145. The molecule has 6 nitrogen and oxygen atoms in total. The molecular formula is C19H28IN3O3. The van der Waals surface area contributed by atoms with Crippen LogP contribution in [0.4, 0.5) is 0 Å². The molecule has 0 saturated heterocycles. The summed E-state index contributed by atoms with van der Waals surface area (Å²) in [6.07, 6.45) is 2.49. The Labute approximate surface area is 172 Å². The third kappa shape index (κ3) is 7.65. The number of nitrogens with zero attached hydrogens (tertiary/aromatic N) is 1. The summed E-state index contributed by atoms with van der Waals surface area (Å²) in [6, 6.07) is 10.0. The number of hydrogen-bond acceptors (Lipinski definition) is 4. The number of nitrogens with one attached hydrogen (secondary N) is 2. The van der Waals surface area contributed by atoms with Crippen LogP contribution in [0.5, 0.6) is 5.75 Å². The highest BCUT2D eigenvalue weighted by molar-refractivity contribution is 14.0. The highest BCUT2D eigenvalue weighted by Crippen LogP contribution is 2.20. The van der Waals surface area contributed by atoms with E-state index in [2.05, 4.69) is 34.7 Å². The van der Waals surface area contributed by atoms with Gasteiger partial charge < -0.3 is 24.5 Å². The minimum atomic E-state index is 0. The number of hydrogen-bond donors (Lipinski definition) is 2. The summed E-state index contributed by atoms with van der Waals surface area (Å²) in [5, 5.41) is 6.59. The van der Waals surface area contributed by atoms with Gasteiger partial charge in [0.25, 0.3) is 0 Å². The lowest BCUT2D eigenvalue weighted by atomic mass is 10.1. The number of benzene rings is 1. The van der Waals surface area contributed by atoms with E-state index in [4.69, 9.17) is 13.9 Å². The van der Waals surface area contributed by atoms with E-state index < -0.39 is 0 Å². The zero-order valence-electron chi connectivity index (χ0n) is 15.6. The predicted octanol–water partition coefficient (Wildman–Crippen LogP) is 3.14. The lowest BCUT2D eigenvalue weighted by Crippen LogP contribution is -2.37. The molecule has 0 unspecified atom stereocenters.